The number of aromatic nitrogens is 1. The van der Waals surface area contributed by atoms with Crippen LogP contribution in [-0.4, -0.2) is 16.9 Å². The fraction of sp³-hybridized carbons (Fsp3) is 0.286. The Bertz CT molecular complexity index is 607. The van der Waals surface area contributed by atoms with Crippen LogP contribution in [0.5, 0.6) is 0 Å². The minimum absolute atomic E-state index is 0.0756. The number of carbonyl (C=O) groups is 1. The zero-order valence-corrected chi connectivity index (χ0v) is 11.8. The van der Waals surface area contributed by atoms with Crippen LogP contribution in [0, 0.1) is 12.7 Å². The quantitative estimate of drug-likeness (QED) is 0.935. The van der Waals surface area contributed by atoms with Crippen LogP contribution < -0.4 is 5.32 Å². The molecule has 0 spiro atoms. The molecule has 2 aromatic rings. The van der Waals surface area contributed by atoms with Crippen LogP contribution in [0.4, 0.5) is 4.39 Å². The van der Waals surface area contributed by atoms with Crippen molar-refractivity contribution >= 4 is 17.2 Å². The van der Waals surface area contributed by atoms with Gasteiger partial charge in [0.15, 0.2) is 0 Å². The summed E-state index contributed by atoms with van der Waals surface area (Å²) in [5.41, 5.74) is 1.36. The van der Waals surface area contributed by atoms with Crippen molar-refractivity contribution in [1.82, 2.24) is 10.3 Å². The Morgan fingerprint density at radius 1 is 1.42 bits per heavy atom. The molecular weight excluding hydrogens is 263 g/mol. The first-order chi connectivity index (χ1) is 8.97. The van der Waals surface area contributed by atoms with Crippen molar-refractivity contribution in [2.45, 2.75) is 26.8 Å². The Kier molecular flexibility index (Phi) is 3.95. The van der Waals surface area contributed by atoms with Gasteiger partial charge in [-0.2, -0.15) is 0 Å². The summed E-state index contributed by atoms with van der Waals surface area (Å²) in [6, 6.07) is 6.30. The van der Waals surface area contributed by atoms with Gasteiger partial charge < -0.3 is 5.32 Å². The van der Waals surface area contributed by atoms with Crippen LogP contribution in [0.1, 0.15) is 29.2 Å². The van der Waals surface area contributed by atoms with Crippen LogP contribution >= 0.6 is 11.3 Å². The molecule has 1 amide bonds. The van der Waals surface area contributed by atoms with Gasteiger partial charge in [-0.3, -0.25) is 4.79 Å². The van der Waals surface area contributed by atoms with Gasteiger partial charge in [0, 0.05) is 11.6 Å². The SMILES string of the molecule is Cc1nc(-c2cccc(F)c2)sc1C(=O)NC(C)C. The van der Waals surface area contributed by atoms with Gasteiger partial charge in [0.25, 0.3) is 5.91 Å². The molecule has 0 bridgehead atoms. The average molecular weight is 278 g/mol. The second kappa shape index (κ2) is 5.48. The Labute approximate surface area is 115 Å². The highest BCUT2D eigenvalue weighted by atomic mass is 32.1. The maximum absolute atomic E-state index is 13.2. The van der Waals surface area contributed by atoms with Crippen LogP contribution in [0.3, 0.4) is 0 Å². The van der Waals surface area contributed by atoms with Crippen LogP contribution in [0.15, 0.2) is 24.3 Å². The lowest BCUT2D eigenvalue weighted by molar-refractivity contribution is 0.0946. The third kappa shape index (κ3) is 3.17. The zero-order valence-electron chi connectivity index (χ0n) is 11.0. The summed E-state index contributed by atoms with van der Waals surface area (Å²) in [4.78, 5) is 16.9. The van der Waals surface area contributed by atoms with E-state index < -0.39 is 0 Å². The number of amides is 1. The highest BCUT2D eigenvalue weighted by molar-refractivity contribution is 7.17. The van der Waals surface area contributed by atoms with E-state index >= 15 is 0 Å². The van der Waals surface area contributed by atoms with Crippen molar-refractivity contribution in [3.63, 3.8) is 0 Å². The number of carbonyl (C=O) groups excluding carboxylic acids is 1. The van der Waals surface area contributed by atoms with Gasteiger partial charge in [-0.1, -0.05) is 12.1 Å². The summed E-state index contributed by atoms with van der Waals surface area (Å²) < 4.78 is 13.2. The molecule has 0 aliphatic carbocycles. The third-order valence-corrected chi connectivity index (χ3v) is 3.70. The third-order valence-electron chi connectivity index (χ3n) is 2.49. The van der Waals surface area contributed by atoms with E-state index in [9.17, 15) is 9.18 Å². The van der Waals surface area contributed by atoms with E-state index in [1.807, 2.05) is 13.8 Å². The van der Waals surface area contributed by atoms with Gasteiger partial charge in [-0.15, -0.1) is 11.3 Å². The highest BCUT2D eigenvalue weighted by Gasteiger charge is 2.16. The van der Waals surface area contributed by atoms with Crippen molar-refractivity contribution in [1.29, 1.82) is 0 Å². The molecule has 3 nitrogen and oxygen atoms in total. The van der Waals surface area contributed by atoms with Crippen molar-refractivity contribution in [3.8, 4) is 10.6 Å². The number of benzene rings is 1. The fourth-order valence-corrected chi connectivity index (χ4v) is 2.65. The Balaban J connectivity index is 2.33. The predicted octanol–water partition coefficient (Wildman–Crippen LogP) is 3.40. The summed E-state index contributed by atoms with van der Waals surface area (Å²) in [7, 11) is 0. The first-order valence-corrected chi connectivity index (χ1v) is 6.83. The molecule has 1 aromatic carbocycles. The Morgan fingerprint density at radius 3 is 2.79 bits per heavy atom. The summed E-state index contributed by atoms with van der Waals surface area (Å²) in [6.45, 7) is 5.60. The molecule has 0 fully saturated rings. The van der Waals surface area contributed by atoms with Gasteiger partial charge in [0.1, 0.15) is 15.7 Å². The summed E-state index contributed by atoms with van der Waals surface area (Å²) in [5.74, 6) is -0.439. The molecule has 2 rings (SSSR count). The molecule has 0 aliphatic heterocycles. The Hall–Kier alpha value is -1.75. The monoisotopic (exact) mass is 278 g/mol. The normalized spacial score (nSPS) is 10.8. The molecular formula is C14H15FN2OS. The number of hydrogen-bond acceptors (Lipinski definition) is 3. The molecule has 0 saturated heterocycles. The van der Waals surface area contributed by atoms with Crippen LogP contribution in [0.25, 0.3) is 10.6 Å². The first kappa shape index (κ1) is 13.7. The summed E-state index contributed by atoms with van der Waals surface area (Å²) in [5, 5.41) is 3.49. The molecule has 19 heavy (non-hydrogen) atoms. The molecule has 100 valence electrons. The van der Waals surface area contributed by atoms with Crippen molar-refractivity contribution < 1.29 is 9.18 Å². The van der Waals surface area contributed by atoms with Gasteiger partial charge >= 0.3 is 0 Å². The lowest BCUT2D eigenvalue weighted by Gasteiger charge is -2.06. The fourth-order valence-electron chi connectivity index (χ4n) is 1.68. The second-order valence-corrected chi connectivity index (χ2v) is 5.57. The smallest absolute Gasteiger partial charge is 0.263 e. The predicted molar refractivity (Wildman–Crippen MR) is 74.8 cm³/mol. The zero-order chi connectivity index (χ0) is 14.0. The molecule has 0 radical (unpaired) electrons. The lowest BCUT2D eigenvalue weighted by atomic mass is 10.2. The van der Waals surface area contributed by atoms with E-state index in [1.165, 1.54) is 23.5 Å². The lowest BCUT2D eigenvalue weighted by Crippen LogP contribution is -2.29. The number of aryl methyl sites for hydroxylation is 1. The Morgan fingerprint density at radius 2 is 2.16 bits per heavy atom. The van der Waals surface area contributed by atoms with Crippen molar-refractivity contribution in [3.05, 3.63) is 40.7 Å². The van der Waals surface area contributed by atoms with Crippen LogP contribution in [-0.2, 0) is 0 Å². The number of rotatable bonds is 3. The van der Waals surface area contributed by atoms with Crippen molar-refractivity contribution in [2.24, 2.45) is 0 Å². The molecule has 0 atom stereocenters. The number of nitrogens with one attached hydrogen (secondary N) is 1. The van der Waals surface area contributed by atoms with Gasteiger partial charge in [0.05, 0.1) is 5.69 Å². The first-order valence-electron chi connectivity index (χ1n) is 6.01. The molecule has 5 heteroatoms. The minimum Gasteiger partial charge on any atom is -0.349 e. The van der Waals surface area contributed by atoms with E-state index in [2.05, 4.69) is 10.3 Å². The number of thiazole rings is 1. The number of nitrogens with zero attached hydrogens (tertiary/aromatic N) is 1. The minimum atomic E-state index is -0.307. The van der Waals surface area contributed by atoms with Gasteiger partial charge in [-0.25, -0.2) is 9.37 Å². The van der Waals surface area contributed by atoms with Crippen LogP contribution in [0.2, 0.25) is 0 Å². The number of hydrogen-bond donors (Lipinski definition) is 1. The molecule has 1 heterocycles. The largest absolute Gasteiger partial charge is 0.349 e. The van der Waals surface area contributed by atoms with E-state index in [4.69, 9.17) is 0 Å². The maximum Gasteiger partial charge on any atom is 0.263 e. The highest BCUT2D eigenvalue weighted by Crippen LogP contribution is 2.28. The van der Waals surface area contributed by atoms with E-state index in [1.54, 1.807) is 19.1 Å². The van der Waals surface area contributed by atoms with E-state index in [0.717, 1.165) is 0 Å². The topological polar surface area (TPSA) is 42.0 Å². The second-order valence-electron chi connectivity index (χ2n) is 4.57. The maximum atomic E-state index is 13.2. The van der Waals surface area contributed by atoms with E-state index in [-0.39, 0.29) is 17.8 Å². The molecule has 0 aliphatic rings. The molecule has 1 aromatic heterocycles. The summed E-state index contributed by atoms with van der Waals surface area (Å²) >= 11 is 1.28. The molecule has 1 N–H and O–H groups in total. The van der Waals surface area contributed by atoms with Gasteiger partial charge in [-0.05, 0) is 32.9 Å². The molecule has 0 saturated carbocycles. The summed E-state index contributed by atoms with van der Waals surface area (Å²) in [6.07, 6.45) is 0. The average Bonchev–Trinajstić information content (AvgIpc) is 2.70. The van der Waals surface area contributed by atoms with Gasteiger partial charge in [0.2, 0.25) is 0 Å². The number of halogens is 1. The van der Waals surface area contributed by atoms with Crippen molar-refractivity contribution in [2.75, 3.05) is 0 Å². The molecule has 0 unspecified atom stereocenters. The van der Waals surface area contributed by atoms with E-state index in [0.29, 0.717) is 21.1 Å². The standard InChI is InChI=1S/C14H15FN2OS/c1-8(2)16-13(18)12-9(3)17-14(19-12)10-5-4-6-11(15)7-10/h4-8H,1-3H3,(H,16,18).